The monoisotopic (exact) mass is 331 g/mol. The van der Waals surface area contributed by atoms with Gasteiger partial charge < -0.3 is 5.11 Å². The molecule has 0 saturated heterocycles. The van der Waals surface area contributed by atoms with Crippen LogP contribution in [0.1, 0.15) is 38.8 Å². The topological polar surface area (TPSA) is 40.5 Å². The predicted octanol–water partition coefficient (Wildman–Crippen LogP) is 3.83. The number of rotatable bonds is 6. The molecule has 0 aliphatic heterocycles. The summed E-state index contributed by atoms with van der Waals surface area (Å²) in [6, 6.07) is 4.67. The SMILES string of the molecule is CCC(C)N(CC(=O)O)C(C)c1ccc(Br)cc1F. The summed E-state index contributed by atoms with van der Waals surface area (Å²) in [4.78, 5) is 12.8. The Labute approximate surface area is 121 Å². The zero-order valence-corrected chi connectivity index (χ0v) is 12.9. The molecule has 19 heavy (non-hydrogen) atoms. The Morgan fingerprint density at radius 1 is 1.47 bits per heavy atom. The van der Waals surface area contributed by atoms with Crippen LogP contribution in [0.25, 0.3) is 0 Å². The molecule has 106 valence electrons. The van der Waals surface area contributed by atoms with E-state index in [0.29, 0.717) is 10.0 Å². The van der Waals surface area contributed by atoms with E-state index < -0.39 is 5.97 Å². The Kier molecular flexibility index (Phi) is 5.94. The van der Waals surface area contributed by atoms with Crippen LogP contribution >= 0.6 is 15.9 Å². The van der Waals surface area contributed by atoms with E-state index in [0.717, 1.165) is 6.42 Å². The molecule has 1 aromatic rings. The number of benzene rings is 1. The lowest BCUT2D eigenvalue weighted by molar-refractivity contribution is -0.139. The van der Waals surface area contributed by atoms with Crippen molar-refractivity contribution in [2.24, 2.45) is 0 Å². The number of hydrogen-bond donors (Lipinski definition) is 1. The van der Waals surface area contributed by atoms with Crippen molar-refractivity contribution in [2.45, 2.75) is 39.3 Å². The minimum atomic E-state index is -0.898. The highest BCUT2D eigenvalue weighted by molar-refractivity contribution is 9.10. The third-order valence-electron chi connectivity index (χ3n) is 3.38. The molecule has 0 fully saturated rings. The molecular weight excluding hydrogens is 313 g/mol. The number of carbonyl (C=O) groups is 1. The van der Waals surface area contributed by atoms with Gasteiger partial charge in [0.1, 0.15) is 5.82 Å². The molecule has 0 radical (unpaired) electrons. The minimum Gasteiger partial charge on any atom is -0.480 e. The maximum atomic E-state index is 14.0. The Bertz CT molecular complexity index is 453. The maximum Gasteiger partial charge on any atom is 0.317 e. The lowest BCUT2D eigenvalue weighted by Crippen LogP contribution is -2.39. The first kappa shape index (κ1) is 16.1. The second kappa shape index (κ2) is 7.01. The molecular formula is C14H19BrFNO2. The molecule has 0 amide bonds. The fourth-order valence-electron chi connectivity index (χ4n) is 2.08. The summed E-state index contributed by atoms with van der Waals surface area (Å²) in [5.74, 6) is -1.22. The zero-order chi connectivity index (χ0) is 14.6. The van der Waals surface area contributed by atoms with Crippen LogP contribution in [-0.2, 0) is 4.79 Å². The van der Waals surface area contributed by atoms with Crippen LogP contribution in [0.2, 0.25) is 0 Å². The summed E-state index contributed by atoms with van der Waals surface area (Å²) in [6.07, 6.45) is 0.815. The summed E-state index contributed by atoms with van der Waals surface area (Å²) >= 11 is 3.22. The summed E-state index contributed by atoms with van der Waals surface area (Å²) in [5, 5.41) is 8.99. The van der Waals surface area contributed by atoms with Crippen LogP contribution in [0.5, 0.6) is 0 Å². The van der Waals surface area contributed by atoms with E-state index in [1.165, 1.54) is 6.07 Å². The van der Waals surface area contributed by atoms with Gasteiger partial charge in [0, 0.05) is 22.1 Å². The smallest absolute Gasteiger partial charge is 0.317 e. The zero-order valence-electron chi connectivity index (χ0n) is 11.4. The molecule has 0 spiro atoms. The first-order chi connectivity index (χ1) is 8.86. The Balaban J connectivity index is 3.03. The summed E-state index contributed by atoms with van der Waals surface area (Å²) in [5.41, 5.74) is 0.518. The van der Waals surface area contributed by atoms with Gasteiger partial charge in [0.05, 0.1) is 6.54 Å². The van der Waals surface area contributed by atoms with Crippen molar-refractivity contribution >= 4 is 21.9 Å². The van der Waals surface area contributed by atoms with Crippen LogP contribution < -0.4 is 0 Å². The van der Waals surface area contributed by atoms with E-state index in [9.17, 15) is 9.18 Å². The van der Waals surface area contributed by atoms with Crippen molar-refractivity contribution in [1.82, 2.24) is 4.90 Å². The third kappa shape index (κ3) is 4.28. The average molecular weight is 332 g/mol. The van der Waals surface area contributed by atoms with Gasteiger partial charge in [0.15, 0.2) is 0 Å². The number of carboxylic acids is 1. The van der Waals surface area contributed by atoms with Gasteiger partial charge >= 0.3 is 5.97 Å². The van der Waals surface area contributed by atoms with Crippen LogP contribution in [-0.4, -0.2) is 28.6 Å². The van der Waals surface area contributed by atoms with Crippen LogP contribution in [0.15, 0.2) is 22.7 Å². The highest BCUT2D eigenvalue weighted by Crippen LogP contribution is 2.27. The molecule has 0 heterocycles. The van der Waals surface area contributed by atoms with Crippen LogP contribution in [0.4, 0.5) is 4.39 Å². The Morgan fingerprint density at radius 2 is 2.11 bits per heavy atom. The lowest BCUT2D eigenvalue weighted by Gasteiger charge is -2.33. The van der Waals surface area contributed by atoms with E-state index in [1.54, 1.807) is 17.0 Å². The van der Waals surface area contributed by atoms with E-state index in [4.69, 9.17) is 5.11 Å². The maximum absolute atomic E-state index is 14.0. The standard InChI is InChI=1S/C14H19BrFNO2/c1-4-9(2)17(8-14(18)19)10(3)12-6-5-11(15)7-13(12)16/h5-7,9-10H,4,8H2,1-3H3,(H,18,19). The second-order valence-electron chi connectivity index (χ2n) is 4.67. The molecule has 1 rings (SSSR count). The fraction of sp³-hybridized carbons (Fsp3) is 0.500. The quantitative estimate of drug-likeness (QED) is 0.861. The van der Waals surface area contributed by atoms with Gasteiger partial charge in [-0.05, 0) is 32.4 Å². The van der Waals surface area contributed by atoms with Crippen molar-refractivity contribution in [3.8, 4) is 0 Å². The van der Waals surface area contributed by atoms with E-state index in [-0.39, 0.29) is 24.4 Å². The molecule has 0 aromatic heterocycles. The normalized spacial score (nSPS) is 14.4. The first-order valence-corrected chi connectivity index (χ1v) is 7.08. The van der Waals surface area contributed by atoms with Gasteiger partial charge in [-0.25, -0.2) is 4.39 Å². The van der Waals surface area contributed by atoms with Crippen LogP contribution in [0.3, 0.4) is 0 Å². The third-order valence-corrected chi connectivity index (χ3v) is 3.88. The highest BCUT2D eigenvalue weighted by Gasteiger charge is 2.24. The molecule has 5 heteroatoms. The summed E-state index contributed by atoms with van der Waals surface area (Å²) < 4.78 is 14.6. The van der Waals surface area contributed by atoms with Gasteiger partial charge in [-0.2, -0.15) is 0 Å². The number of hydrogen-bond acceptors (Lipinski definition) is 2. The van der Waals surface area contributed by atoms with Gasteiger partial charge in [-0.15, -0.1) is 0 Å². The highest BCUT2D eigenvalue weighted by atomic mass is 79.9. The summed E-state index contributed by atoms with van der Waals surface area (Å²) in [7, 11) is 0. The van der Waals surface area contributed by atoms with Gasteiger partial charge in [0.25, 0.3) is 0 Å². The first-order valence-electron chi connectivity index (χ1n) is 6.29. The molecule has 2 atom stereocenters. The predicted molar refractivity (Wildman–Crippen MR) is 76.6 cm³/mol. The van der Waals surface area contributed by atoms with Gasteiger partial charge in [0.2, 0.25) is 0 Å². The average Bonchev–Trinajstić information content (AvgIpc) is 2.34. The molecule has 0 saturated carbocycles. The van der Waals surface area contributed by atoms with Crippen LogP contribution in [0, 0.1) is 5.82 Å². The van der Waals surface area contributed by atoms with Gasteiger partial charge in [-0.3, -0.25) is 9.69 Å². The van der Waals surface area contributed by atoms with Gasteiger partial charge in [-0.1, -0.05) is 28.9 Å². The molecule has 1 N–H and O–H groups in total. The van der Waals surface area contributed by atoms with Crippen molar-refractivity contribution in [1.29, 1.82) is 0 Å². The number of nitrogens with zero attached hydrogens (tertiary/aromatic N) is 1. The Morgan fingerprint density at radius 3 is 2.58 bits per heavy atom. The second-order valence-corrected chi connectivity index (χ2v) is 5.58. The fourth-order valence-corrected chi connectivity index (χ4v) is 2.42. The van der Waals surface area contributed by atoms with E-state index in [2.05, 4.69) is 15.9 Å². The molecule has 0 aliphatic rings. The van der Waals surface area contributed by atoms with Crippen molar-refractivity contribution in [3.63, 3.8) is 0 Å². The summed E-state index contributed by atoms with van der Waals surface area (Å²) in [6.45, 7) is 5.69. The Hall–Kier alpha value is -0.940. The molecule has 3 nitrogen and oxygen atoms in total. The van der Waals surface area contributed by atoms with Crippen molar-refractivity contribution in [3.05, 3.63) is 34.1 Å². The van der Waals surface area contributed by atoms with Crippen molar-refractivity contribution < 1.29 is 14.3 Å². The molecule has 1 aromatic carbocycles. The number of aliphatic carboxylic acids is 1. The van der Waals surface area contributed by atoms with E-state index >= 15 is 0 Å². The number of carboxylic acid groups (broad SMARTS) is 1. The molecule has 0 aliphatic carbocycles. The number of halogens is 2. The minimum absolute atomic E-state index is 0.0779. The largest absolute Gasteiger partial charge is 0.480 e. The molecule has 0 bridgehead atoms. The van der Waals surface area contributed by atoms with E-state index in [1.807, 2.05) is 20.8 Å². The molecule has 2 unspecified atom stereocenters. The lowest BCUT2D eigenvalue weighted by atomic mass is 10.0. The van der Waals surface area contributed by atoms with Crippen molar-refractivity contribution in [2.75, 3.05) is 6.54 Å².